The molecular weight excluding hydrogens is 349 g/mol. The van der Waals surface area contributed by atoms with Crippen molar-refractivity contribution >= 4 is 34.2 Å². The number of carbonyl (C=O) groups excluding carboxylic acids is 1. The molecule has 0 saturated carbocycles. The molecule has 0 radical (unpaired) electrons. The topological polar surface area (TPSA) is 29.1 Å². The van der Waals surface area contributed by atoms with E-state index in [1.165, 1.54) is 5.56 Å². The van der Waals surface area contributed by atoms with Crippen molar-refractivity contribution < 1.29 is 4.79 Å². The Morgan fingerprint density at radius 1 is 1.11 bits per heavy atom. The summed E-state index contributed by atoms with van der Waals surface area (Å²) >= 11 is 2.27. The quantitative estimate of drug-likeness (QED) is 0.782. The molecule has 0 spiro atoms. The molecular formula is C16H16INO. The number of amides is 1. The molecule has 2 aromatic rings. The number of rotatable bonds is 2. The number of anilines is 1. The Bertz CT molecular complexity index is 635. The molecule has 98 valence electrons. The zero-order valence-corrected chi connectivity index (χ0v) is 13.4. The zero-order chi connectivity index (χ0) is 14.0. The van der Waals surface area contributed by atoms with Crippen LogP contribution in [0, 0.1) is 24.3 Å². The van der Waals surface area contributed by atoms with Crippen molar-refractivity contribution in [3.05, 3.63) is 62.2 Å². The van der Waals surface area contributed by atoms with Crippen LogP contribution in [0.1, 0.15) is 27.0 Å². The molecule has 2 nitrogen and oxygen atoms in total. The van der Waals surface area contributed by atoms with Gasteiger partial charge in [0.2, 0.25) is 0 Å². The van der Waals surface area contributed by atoms with Crippen molar-refractivity contribution in [2.75, 3.05) is 5.32 Å². The lowest BCUT2D eigenvalue weighted by Gasteiger charge is -2.11. The van der Waals surface area contributed by atoms with Gasteiger partial charge >= 0.3 is 0 Å². The van der Waals surface area contributed by atoms with Gasteiger partial charge in [-0.05, 0) is 72.7 Å². The molecule has 2 rings (SSSR count). The van der Waals surface area contributed by atoms with Crippen LogP contribution < -0.4 is 5.32 Å². The van der Waals surface area contributed by atoms with Crippen LogP contribution in [0.15, 0.2) is 36.4 Å². The van der Waals surface area contributed by atoms with Crippen LogP contribution in [0.25, 0.3) is 0 Å². The molecule has 2 aromatic carbocycles. The highest BCUT2D eigenvalue weighted by molar-refractivity contribution is 14.1. The van der Waals surface area contributed by atoms with Crippen LogP contribution in [0.4, 0.5) is 5.69 Å². The molecule has 3 heteroatoms. The van der Waals surface area contributed by atoms with Gasteiger partial charge in [0, 0.05) is 14.8 Å². The summed E-state index contributed by atoms with van der Waals surface area (Å²) in [5.74, 6) is -0.0531. The van der Waals surface area contributed by atoms with Gasteiger partial charge in [-0.1, -0.05) is 23.8 Å². The second-order valence-electron chi connectivity index (χ2n) is 4.68. The first-order chi connectivity index (χ1) is 8.99. The third-order valence-corrected chi connectivity index (χ3v) is 4.31. The first kappa shape index (κ1) is 14.1. The van der Waals surface area contributed by atoms with E-state index in [1.54, 1.807) is 0 Å². The summed E-state index contributed by atoms with van der Waals surface area (Å²) in [4.78, 5) is 12.3. The maximum atomic E-state index is 12.3. The van der Waals surface area contributed by atoms with E-state index in [2.05, 4.69) is 27.9 Å². The fourth-order valence-electron chi connectivity index (χ4n) is 2.00. The minimum Gasteiger partial charge on any atom is -0.322 e. The highest BCUT2D eigenvalue weighted by Crippen LogP contribution is 2.21. The number of halogens is 1. The highest BCUT2D eigenvalue weighted by atomic mass is 127. The summed E-state index contributed by atoms with van der Waals surface area (Å²) < 4.78 is 1.15. The number of hydrogen-bond acceptors (Lipinski definition) is 1. The van der Waals surface area contributed by atoms with Gasteiger partial charge in [0.1, 0.15) is 0 Å². The fourth-order valence-corrected chi connectivity index (χ4v) is 2.50. The lowest BCUT2D eigenvalue weighted by molar-refractivity contribution is 0.102. The van der Waals surface area contributed by atoms with Crippen LogP contribution in [0.5, 0.6) is 0 Å². The molecule has 0 bridgehead atoms. The molecule has 0 aromatic heterocycles. The van der Waals surface area contributed by atoms with E-state index in [1.807, 2.05) is 57.2 Å². The van der Waals surface area contributed by atoms with Gasteiger partial charge in [-0.3, -0.25) is 4.79 Å². The Balaban J connectivity index is 2.28. The molecule has 0 atom stereocenters. The Morgan fingerprint density at radius 3 is 2.53 bits per heavy atom. The Kier molecular flexibility index (Phi) is 4.24. The summed E-state index contributed by atoms with van der Waals surface area (Å²) in [7, 11) is 0. The van der Waals surface area contributed by atoms with Crippen molar-refractivity contribution in [3.63, 3.8) is 0 Å². The van der Waals surface area contributed by atoms with E-state index >= 15 is 0 Å². The van der Waals surface area contributed by atoms with Gasteiger partial charge < -0.3 is 5.32 Å². The molecule has 1 N–H and O–H groups in total. The number of nitrogens with one attached hydrogen (secondary N) is 1. The monoisotopic (exact) mass is 365 g/mol. The SMILES string of the molecule is Cc1ccc(C(=O)Nc2cccc(I)c2C)c(C)c1. The van der Waals surface area contributed by atoms with E-state index in [9.17, 15) is 4.79 Å². The minimum absolute atomic E-state index is 0.0531. The Morgan fingerprint density at radius 2 is 1.84 bits per heavy atom. The molecule has 0 saturated heterocycles. The second-order valence-corrected chi connectivity index (χ2v) is 5.85. The predicted molar refractivity (Wildman–Crippen MR) is 87.8 cm³/mol. The van der Waals surface area contributed by atoms with Crippen molar-refractivity contribution in [2.24, 2.45) is 0 Å². The van der Waals surface area contributed by atoms with Crippen LogP contribution in [-0.2, 0) is 0 Å². The van der Waals surface area contributed by atoms with Crippen molar-refractivity contribution in [1.29, 1.82) is 0 Å². The van der Waals surface area contributed by atoms with Gasteiger partial charge in [0.05, 0.1) is 0 Å². The molecule has 1 amide bonds. The minimum atomic E-state index is -0.0531. The molecule has 0 aliphatic carbocycles. The first-order valence-electron chi connectivity index (χ1n) is 6.13. The third kappa shape index (κ3) is 3.15. The summed E-state index contributed by atoms with van der Waals surface area (Å²) in [5, 5.41) is 2.98. The first-order valence-corrected chi connectivity index (χ1v) is 7.20. The molecule has 0 fully saturated rings. The number of carbonyl (C=O) groups is 1. The lowest BCUT2D eigenvalue weighted by atomic mass is 10.0. The number of benzene rings is 2. The van der Waals surface area contributed by atoms with Crippen molar-refractivity contribution in [1.82, 2.24) is 0 Å². The average Bonchev–Trinajstić information content (AvgIpc) is 2.34. The molecule has 0 heterocycles. The lowest BCUT2D eigenvalue weighted by Crippen LogP contribution is -2.14. The van der Waals surface area contributed by atoms with Gasteiger partial charge in [-0.25, -0.2) is 0 Å². The Labute approximate surface area is 127 Å². The summed E-state index contributed by atoms with van der Waals surface area (Å²) in [6.45, 7) is 6.00. The van der Waals surface area contributed by atoms with E-state index in [4.69, 9.17) is 0 Å². The van der Waals surface area contributed by atoms with Gasteiger partial charge in [0.15, 0.2) is 0 Å². The maximum Gasteiger partial charge on any atom is 0.255 e. The zero-order valence-electron chi connectivity index (χ0n) is 11.3. The number of aryl methyl sites for hydroxylation is 2. The summed E-state index contributed by atoms with van der Waals surface area (Å²) in [5.41, 5.74) is 4.86. The van der Waals surface area contributed by atoms with E-state index in [-0.39, 0.29) is 5.91 Å². The molecule has 0 unspecified atom stereocenters. The standard InChI is InChI=1S/C16H16INO/c1-10-7-8-13(11(2)9-10)16(19)18-15-6-4-5-14(17)12(15)3/h4-9H,1-3H3,(H,18,19). The largest absolute Gasteiger partial charge is 0.322 e. The van der Waals surface area contributed by atoms with E-state index < -0.39 is 0 Å². The average molecular weight is 365 g/mol. The molecule has 0 aliphatic rings. The van der Waals surface area contributed by atoms with Crippen LogP contribution in [0.3, 0.4) is 0 Å². The van der Waals surface area contributed by atoms with Crippen LogP contribution >= 0.6 is 22.6 Å². The molecule has 19 heavy (non-hydrogen) atoms. The summed E-state index contributed by atoms with van der Waals surface area (Å²) in [6.07, 6.45) is 0. The predicted octanol–water partition coefficient (Wildman–Crippen LogP) is 4.47. The normalized spacial score (nSPS) is 10.3. The molecule has 0 aliphatic heterocycles. The number of hydrogen-bond donors (Lipinski definition) is 1. The van der Waals surface area contributed by atoms with Crippen molar-refractivity contribution in [3.8, 4) is 0 Å². The Hall–Kier alpha value is -1.36. The van der Waals surface area contributed by atoms with Crippen molar-refractivity contribution in [2.45, 2.75) is 20.8 Å². The van der Waals surface area contributed by atoms with Gasteiger partial charge in [0.25, 0.3) is 5.91 Å². The van der Waals surface area contributed by atoms with Crippen LogP contribution in [-0.4, -0.2) is 5.91 Å². The smallest absolute Gasteiger partial charge is 0.255 e. The second kappa shape index (κ2) is 5.74. The van der Waals surface area contributed by atoms with Gasteiger partial charge in [-0.15, -0.1) is 0 Å². The highest BCUT2D eigenvalue weighted by Gasteiger charge is 2.11. The van der Waals surface area contributed by atoms with Crippen LogP contribution in [0.2, 0.25) is 0 Å². The fraction of sp³-hybridized carbons (Fsp3) is 0.188. The summed E-state index contributed by atoms with van der Waals surface area (Å²) in [6, 6.07) is 11.8. The van der Waals surface area contributed by atoms with Gasteiger partial charge in [-0.2, -0.15) is 0 Å². The van der Waals surface area contributed by atoms with E-state index in [0.717, 1.165) is 25.9 Å². The van der Waals surface area contributed by atoms with E-state index in [0.29, 0.717) is 0 Å². The maximum absolute atomic E-state index is 12.3. The third-order valence-electron chi connectivity index (χ3n) is 3.14.